The summed E-state index contributed by atoms with van der Waals surface area (Å²) < 4.78 is 1.72. The van der Waals surface area contributed by atoms with Crippen molar-refractivity contribution >= 4 is 17.7 Å². The molecule has 5 rings (SSSR count). The Morgan fingerprint density at radius 3 is 2.15 bits per heavy atom. The van der Waals surface area contributed by atoms with Crippen LogP contribution in [0, 0.1) is 0 Å². The topological polar surface area (TPSA) is 105 Å². The summed E-state index contributed by atoms with van der Waals surface area (Å²) in [5.41, 5.74) is 1.71. The van der Waals surface area contributed by atoms with Crippen LogP contribution in [0.5, 0.6) is 0 Å². The van der Waals surface area contributed by atoms with E-state index in [9.17, 15) is 14.4 Å². The summed E-state index contributed by atoms with van der Waals surface area (Å²) in [4.78, 5) is 42.8. The number of hydrogen-bond acceptors (Lipinski definition) is 7. The minimum atomic E-state index is -0.329. The zero-order chi connectivity index (χ0) is 22.8. The van der Waals surface area contributed by atoms with Gasteiger partial charge in [-0.25, -0.2) is 0 Å². The van der Waals surface area contributed by atoms with E-state index < -0.39 is 0 Å². The van der Waals surface area contributed by atoms with E-state index in [0.29, 0.717) is 43.9 Å². The normalized spacial score (nSPS) is 16.4. The summed E-state index contributed by atoms with van der Waals surface area (Å²) in [6, 6.07) is 16.5. The molecule has 0 aliphatic carbocycles. The van der Waals surface area contributed by atoms with E-state index in [1.54, 1.807) is 33.8 Å². The Morgan fingerprint density at radius 2 is 1.48 bits per heavy atom. The van der Waals surface area contributed by atoms with Crippen LogP contribution in [0.1, 0.15) is 33.0 Å². The molecule has 2 aliphatic heterocycles. The summed E-state index contributed by atoms with van der Waals surface area (Å²) in [5, 5.41) is 12.1. The van der Waals surface area contributed by atoms with E-state index in [1.165, 1.54) is 4.90 Å². The predicted octanol–water partition coefficient (Wildman–Crippen LogP) is 0.993. The molecule has 0 bridgehead atoms. The summed E-state index contributed by atoms with van der Waals surface area (Å²) in [6.45, 7) is 3.22. The number of nitrogens with zero attached hydrogens (tertiary/aromatic N) is 7. The van der Waals surface area contributed by atoms with Gasteiger partial charge in [0.05, 0.1) is 23.4 Å². The number of tetrazole rings is 1. The maximum Gasteiger partial charge on any atom is 0.261 e. The average molecular weight is 445 g/mol. The molecule has 1 fully saturated rings. The van der Waals surface area contributed by atoms with Crippen molar-refractivity contribution in [2.45, 2.75) is 13.0 Å². The molecule has 0 saturated carbocycles. The second kappa shape index (κ2) is 8.91. The molecular weight excluding hydrogens is 422 g/mol. The number of rotatable bonds is 6. The number of piperazine rings is 1. The SMILES string of the molecule is O=C(CCN1C(=O)c2ccccc2C1=O)N1CCN(Cc2nnnn2-c2ccccc2)CC1. The van der Waals surface area contributed by atoms with Gasteiger partial charge in [-0.3, -0.25) is 24.2 Å². The summed E-state index contributed by atoms with van der Waals surface area (Å²) in [7, 11) is 0. The van der Waals surface area contributed by atoms with E-state index in [1.807, 2.05) is 30.3 Å². The third-order valence-electron chi connectivity index (χ3n) is 6.05. The molecule has 10 nitrogen and oxygen atoms in total. The molecule has 0 radical (unpaired) electrons. The van der Waals surface area contributed by atoms with Crippen molar-refractivity contribution < 1.29 is 14.4 Å². The quantitative estimate of drug-likeness (QED) is 0.521. The molecule has 33 heavy (non-hydrogen) atoms. The number of aromatic nitrogens is 4. The van der Waals surface area contributed by atoms with Gasteiger partial charge in [-0.05, 0) is 34.7 Å². The lowest BCUT2D eigenvalue weighted by molar-refractivity contribution is -0.133. The third-order valence-corrected chi connectivity index (χ3v) is 6.05. The predicted molar refractivity (Wildman–Crippen MR) is 117 cm³/mol. The lowest BCUT2D eigenvalue weighted by atomic mass is 10.1. The minimum Gasteiger partial charge on any atom is -0.340 e. The zero-order valence-electron chi connectivity index (χ0n) is 18.0. The van der Waals surface area contributed by atoms with Gasteiger partial charge in [0, 0.05) is 39.1 Å². The number of carbonyl (C=O) groups excluding carboxylic acids is 3. The molecule has 2 aliphatic rings. The lowest BCUT2D eigenvalue weighted by Crippen LogP contribution is -2.49. The Labute approximate surface area is 190 Å². The van der Waals surface area contributed by atoms with Crippen LogP contribution in [-0.4, -0.2) is 85.4 Å². The minimum absolute atomic E-state index is 0.0553. The summed E-state index contributed by atoms with van der Waals surface area (Å²) >= 11 is 0. The number of carbonyl (C=O) groups is 3. The van der Waals surface area contributed by atoms with Crippen molar-refractivity contribution in [3.8, 4) is 5.69 Å². The standard InChI is InChI=1S/C23H23N7O3/c31-21(10-11-29-22(32)18-8-4-5-9-19(18)23(29)33)28-14-12-27(13-15-28)16-20-24-25-26-30(20)17-6-2-1-3-7-17/h1-9H,10-16H2. The largest absolute Gasteiger partial charge is 0.340 e. The molecule has 1 aromatic heterocycles. The van der Waals surface area contributed by atoms with Gasteiger partial charge in [0.2, 0.25) is 5.91 Å². The van der Waals surface area contributed by atoms with Gasteiger partial charge in [0.25, 0.3) is 11.8 Å². The van der Waals surface area contributed by atoms with Crippen LogP contribution in [0.3, 0.4) is 0 Å². The van der Waals surface area contributed by atoms with Crippen molar-refractivity contribution in [1.82, 2.24) is 34.9 Å². The van der Waals surface area contributed by atoms with E-state index in [-0.39, 0.29) is 30.7 Å². The molecular formula is C23H23N7O3. The number of amides is 3. The molecule has 0 atom stereocenters. The first-order valence-electron chi connectivity index (χ1n) is 10.9. The van der Waals surface area contributed by atoms with Gasteiger partial charge in [0.15, 0.2) is 5.82 Å². The van der Waals surface area contributed by atoms with Gasteiger partial charge in [-0.1, -0.05) is 30.3 Å². The van der Waals surface area contributed by atoms with Crippen LogP contribution < -0.4 is 0 Å². The van der Waals surface area contributed by atoms with Crippen molar-refractivity contribution in [2.75, 3.05) is 32.7 Å². The molecule has 168 valence electrons. The molecule has 3 heterocycles. The number of imide groups is 1. The monoisotopic (exact) mass is 445 g/mol. The third kappa shape index (κ3) is 4.12. The second-order valence-corrected chi connectivity index (χ2v) is 8.06. The Morgan fingerprint density at radius 1 is 0.848 bits per heavy atom. The van der Waals surface area contributed by atoms with Crippen LogP contribution in [0.4, 0.5) is 0 Å². The van der Waals surface area contributed by atoms with Crippen LogP contribution in [0.25, 0.3) is 5.69 Å². The van der Waals surface area contributed by atoms with Crippen LogP contribution in [-0.2, 0) is 11.3 Å². The Hall–Kier alpha value is -3.92. The highest BCUT2D eigenvalue weighted by molar-refractivity contribution is 6.21. The summed E-state index contributed by atoms with van der Waals surface area (Å²) in [5.74, 6) is 0.0284. The summed E-state index contributed by atoms with van der Waals surface area (Å²) in [6.07, 6.45) is 0.123. The van der Waals surface area contributed by atoms with Gasteiger partial charge >= 0.3 is 0 Å². The first kappa shape index (κ1) is 21.0. The fraction of sp³-hybridized carbons (Fsp3) is 0.304. The van der Waals surface area contributed by atoms with Crippen LogP contribution >= 0.6 is 0 Å². The second-order valence-electron chi connectivity index (χ2n) is 8.06. The van der Waals surface area contributed by atoms with E-state index >= 15 is 0 Å². The first-order chi connectivity index (χ1) is 16.1. The molecule has 0 unspecified atom stereocenters. The van der Waals surface area contributed by atoms with Crippen molar-refractivity contribution in [2.24, 2.45) is 0 Å². The maximum atomic E-state index is 12.7. The average Bonchev–Trinajstić information content (AvgIpc) is 3.41. The highest BCUT2D eigenvalue weighted by atomic mass is 16.2. The molecule has 10 heteroatoms. The highest BCUT2D eigenvalue weighted by Gasteiger charge is 2.35. The van der Waals surface area contributed by atoms with E-state index in [2.05, 4.69) is 20.4 Å². The van der Waals surface area contributed by atoms with Crippen LogP contribution in [0.15, 0.2) is 54.6 Å². The number of para-hydroxylation sites is 1. The fourth-order valence-corrected chi connectivity index (χ4v) is 4.24. The van der Waals surface area contributed by atoms with Crippen molar-refractivity contribution in [1.29, 1.82) is 0 Å². The van der Waals surface area contributed by atoms with Crippen molar-refractivity contribution in [3.05, 3.63) is 71.5 Å². The molecule has 3 aromatic rings. The molecule has 3 amide bonds. The number of benzene rings is 2. The smallest absolute Gasteiger partial charge is 0.261 e. The number of fused-ring (bicyclic) bond motifs is 1. The molecule has 2 aromatic carbocycles. The molecule has 0 N–H and O–H groups in total. The van der Waals surface area contributed by atoms with Crippen LogP contribution in [0.2, 0.25) is 0 Å². The van der Waals surface area contributed by atoms with E-state index in [0.717, 1.165) is 11.5 Å². The maximum absolute atomic E-state index is 12.7. The number of hydrogen-bond donors (Lipinski definition) is 0. The first-order valence-corrected chi connectivity index (χ1v) is 10.9. The highest BCUT2D eigenvalue weighted by Crippen LogP contribution is 2.22. The van der Waals surface area contributed by atoms with Gasteiger partial charge in [0.1, 0.15) is 0 Å². The Bertz CT molecular complexity index is 1150. The Kier molecular flexibility index (Phi) is 5.66. The molecule has 0 spiro atoms. The lowest BCUT2D eigenvalue weighted by Gasteiger charge is -2.34. The van der Waals surface area contributed by atoms with Gasteiger partial charge in [-0.2, -0.15) is 4.68 Å². The fourth-order valence-electron chi connectivity index (χ4n) is 4.24. The van der Waals surface area contributed by atoms with Crippen molar-refractivity contribution in [3.63, 3.8) is 0 Å². The molecule has 1 saturated heterocycles. The Balaban J connectivity index is 1.13. The van der Waals surface area contributed by atoms with E-state index in [4.69, 9.17) is 0 Å². The van der Waals surface area contributed by atoms with Gasteiger partial charge in [-0.15, -0.1) is 5.10 Å². The van der Waals surface area contributed by atoms with Gasteiger partial charge < -0.3 is 4.90 Å². The zero-order valence-corrected chi connectivity index (χ0v) is 18.0.